The fourth-order valence-corrected chi connectivity index (χ4v) is 8.76. The molecule has 11 nitrogen and oxygen atoms in total. The largest absolute Gasteiger partial charge is 0.500 e. The summed E-state index contributed by atoms with van der Waals surface area (Å²) in [6.45, 7) is 2.24. The van der Waals surface area contributed by atoms with Crippen LogP contribution >= 0.6 is 0 Å². The van der Waals surface area contributed by atoms with Crippen LogP contribution in [-0.2, 0) is 49.3 Å². The second-order valence-electron chi connectivity index (χ2n) is 7.93. The lowest BCUT2D eigenvalue weighted by Crippen LogP contribution is -2.42. The zero-order chi connectivity index (χ0) is 26.6. The van der Waals surface area contributed by atoms with Gasteiger partial charge in [-0.25, -0.2) is 0 Å². The van der Waals surface area contributed by atoms with Gasteiger partial charge in [0.1, 0.15) is 6.10 Å². The Balaban J connectivity index is 0.000000686. The van der Waals surface area contributed by atoms with Crippen LogP contribution in [0.4, 0.5) is 0 Å². The first-order valence-corrected chi connectivity index (χ1v) is 17.8. The number of hydrogen-bond donors (Lipinski definition) is 0. The van der Waals surface area contributed by atoms with Crippen LogP contribution in [0.1, 0.15) is 32.1 Å². The molecule has 0 aromatic heterocycles. The van der Waals surface area contributed by atoms with E-state index >= 15 is 0 Å². The Morgan fingerprint density at radius 2 is 0.829 bits per heavy atom. The Labute approximate surface area is 216 Å². The van der Waals surface area contributed by atoms with Crippen LogP contribution in [0.15, 0.2) is 0 Å². The topological polar surface area (TPSA) is 105 Å². The molecule has 1 aliphatic rings. The van der Waals surface area contributed by atoms with Crippen LogP contribution in [0.2, 0.25) is 18.1 Å². The summed E-state index contributed by atoms with van der Waals surface area (Å²) in [4.78, 5) is 0. The van der Waals surface area contributed by atoms with Crippen molar-refractivity contribution in [3.8, 4) is 0 Å². The van der Waals surface area contributed by atoms with E-state index in [9.17, 15) is 0 Å². The van der Waals surface area contributed by atoms with Gasteiger partial charge in [0, 0.05) is 88.7 Å². The smallest absolute Gasteiger partial charge is 0.379 e. The molecule has 35 heavy (non-hydrogen) atoms. The highest BCUT2D eigenvalue weighted by atomic mass is 28.4. The molecular formula is C21H50O11Si3. The van der Waals surface area contributed by atoms with Gasteiger partial charge in [-0.3, -0.25) is 0 Å². The van der Waals surface area contributed by atoms with Crippen LogP contribution in [0, 0.1) is 0 Å². The predicted molar refractivity (Wildman–Crippen MR) is 138 cm³/mol. The molecule has 0 N–H and O–H groups in total. The molecule has 0 bridgehead atoms. The summed E-state index contributed by atoms with van der Waals surface area (Å²) in [7, 11) is 7.57. The predicted octanol–water partition coefficient (Wildman–Crippen LogP) is 2.97. The second kappa shape index (κ2) is 20.2. The van der Waals surface area contributed by atoms with Crippen molar-refractivity contribution in [2.45, 2.75) is 56.3 Å². The van der Waals surface area contributed by atoms with Gasteiger partial charge in [-0.15, -0.1) is 0 Å². The van der Waals surface area contributed by atoms with Crippen LogP contribution in [0.3, 0.4) is 0 Å². The monoisotopic (exact) mass is 562 g/mol. The minimum Gasteiger partial charge on any atom is -0.379 e. The average Bonchev–Trinajstić information content (AvgIpc) is 3.74. The van der Waals surface area contributed by atoms with Crippen LogP contribution in [0.5, 0.6) is 0 Å². The first kappa shape index (κ1) is 35.2. The first-order chi connectivity index (χ1) is 16.8. The maximum atomic E-state index is 5.42. The van der Waals surface area contributed by atoms with Crippen LogP contribution < -0.4 is 0 Å². The molecule has 0 spiro atoms. The van der Waals surface area contributed by atoms with Gasteiger partial charge < -0.3 is 49.3 Å². The number of epoxide rings is 1. The second-order valence-corrected chi connectivity index (χ2v) is 17.2. The summed E-state index contributed by atoms with van der Waals surface area (Å²) in [5.74, 6) is 0. The Hall–Kier alpha value is 0.211. The van der Waals surface area contributed by atoms with E-state index in [1.807, 2.05) is 0 Å². The molecule has 0 aromatic rings. The van der Waals surface area contributed by atoms with Crippen molar-refractivity contribution in [2.24, 2.45) is 0 Å². The summed E-state index contributed by atoms with van der Waals surface area (Å²) in [6.07, 6.45) is 5.49. The molecule has 0 saturated carbocycles. The van der Waals surface area contributed by atoms with Gasteiger partial charge in [-0.1, -0.05) is 12.8 Å². The molecule has 1 heterocycles. The normalized spacial score (nSPS) is 16.2. The standard InChI is InChI=1S/C12H30O6Si2.C9H20O5Si/c1-13-19(14-2,15-3)11-9-7-8-10-12-20(16-4,17-5)18-6;1-10-15(11-2,12-3)6-4-5-13-7-9-8-14-9/h7-12H2,1-6H3;9H,4-8H2,1-3H3. The van der Waals surface area contributed by atoms with E-state index in [1.165, 1.54) is 0 Å². The SMILES string of the molecule is CO[Si](CCCCCC[Si](OC)(OC)OC)(OC)OC.CO[Si](CCCOCC1CO1)(OC)OC. The van der Waals surface area contributed by atoms with Crippen LogP contribution in [-0.4, -0.2) is 116 Å². The van der Waals surface area contributed by atoms with Gasteiger partial charge in [0.2, 0.25) is 0 Å². The third-order valence-corrected chi connectivity index (χ3v) is 14.5. The molecule has 212 valence electrons. The van der Waals surface area contributed by atoms with Crippen molar-refractivity contribution in [2.75, 3.05) is 83.8 Å². The third kappa shape index (κ3) is 14.1. The average molecular weight is 563 g/mol. The highest BCUT2D eigenvalue weighted by molar-refractivity contribution is 6.61. The Kier molecular flexibility index (Phi) is 20.3. The number of unbranched alkanes of at least 4 members (excludes halogenated alkanes) is 3. The van der Waals surface area contributed by atoms with Crippen molar-refractivity contribution in [3.05, 3.63) is 0 Å². The molecule has 0 aromatic carbocycles. The minimum atomic E-state index is -2.40. The maximum Gasteiger partial charge on any atom is 0.500 e. The lowest BCUT2D eigenvalue weighted by atomic mass is 10.2. The molecule has 1 unspecified atom stereocenters. The molecular weight excluding hydrogens is 512 g/mol. The molecule has 1 fully saturated rings. The Bertz CT molecular complexity index is 440. The van der Waals surface area contributed by atoms with Gasteiger partial charge in [0.25, 0.3) is 0 Å². The lowest BCUT2D eigenvalue weighted by Gasteiger charge is -2.25. The summed E-state index contributed by atoms with van der Waals surface area (Å²) >= 11 is 0. The van der Waals surface area contributed by atoms with Gasteiger partial charge in [-0.05, 0) is 19.3 Å². The Morgan fingerprint density at radius 1 is 0.514 bits per heavy atom. The first-order valence-electron chi connectivity index (χ1n) is 12.0. The van der Waals surface area contributed by atoms with Crippen LogP contribution in [0.25, 0.3) is 0 Å². The Morgan fingerprint density at radius 3 is 1.11 bits per heavy atom. The van der Waals surface area contributed by atoms with Crippen molar-refractivity contribution >= 4 is 26.4 Å². The summed E-state index contributed by atoms with van der Waals surface area (Å²) in [5.41, 5.74) is 0. The summed E-state index contributed by atoms with van der Waals surface area (Å²) in [6, 6.07) is 2.47. The minimum absolute atomic E-state index is 0.333. The molecule has 1 rings (SSSR count). The molecule has 0 radical (unpaired) electrons. The van der Waals surface area contributed by atoms with E-state index in [2.05, 4.69) is 0 Å². The zero-order valence-corrected chi connectivity index (χ0v) is 26.3. The van der Waals surface area contributed by atoms with Crippen molar-refractivity contribution in [1.29, 1.82) is 0 Å². The van der Waals surface area contributed by atoms with Gasteiger partial charge in [0.15, 0.2) is 0 Å². The van der Waals surface area contributed by atoms with Gasteiger partial charge in [-0.2, -0.15) is 0 Å². The summed E-state index contributed by atoms with van der Waals surface area (Å²) in [5, 5.41) is 0. The van der Waals surface area contributed by atoms with E-state index in [1.54, 1.807) is 64.0 Å². The highest BCUT2D eigenvalue weighted by Crippen LogP contribution is 2.21. The molecule has 14 heteroatoms. The number of rotatable bonds is 22. The van der Waals surface area contributed by atoms with Crippen molar-refractivity contribution in [3.63, 3.8) is 0 Å². The quantitative estimate of drug-likeness (QED) is 0.110. The van der Waals surface area contributed by atoms with E-state index in [0.29, 0.717) is 19.3 Å². The van der Waals surface area contributed by atoms with Crippen molar-refractivity contribution < 1.29 is 49.3 Å². The highest BCUT2D eigenvalue weighted by Gasteiger charge is 2.38. The fraction of sp³-hybridized carbons (Fsp3) is 1.00. The molecule has 0 amide bonds. The van der Waals surface area contributed by atoms with E-state index in [4.69, 9.17) is 49.3 Å². The van der Waals surface area contributed by atoms with Gasteiger partial charge >= 0.3 is 26.4 Å². The maximum absolute atomic E-state index is 5.42. The molecule has 0 aliphatic carbocycles. The van der Waals surface area contributed by atoms with Crippen molar-refractivity contribution in [1.82, 2.24) is 0 Å². The number of ether oxygens (including phenoxy) is 2. The van der Waals surface area contributed by atoms with E-state index in [0.717, 1.165) is 56.8 Å². The molecule has 1 atom stereocenters. The zero-order valence-electron chi connectivity index (χ0n) is 23.3. The molecule has 1 aliphatic heterocycles. The third-order valence-electron chi connectivity index (χ3n) is 5.99. The van der Waals surface area contributed by atoms with Gasteiger partial charge in [0.05, 0.1) is 13.2 Å². The lowest BCUT2D eigenvalue weighted by molar-refractivity contribution is 0.100. The summed E-state index contributed by atoms with van der Waals surface area (Å²) < 4.78 is 58.7. The van der Waals surface area contributed by atoms with E-state index < -0.39 is 26.4 Å². The molecule has 1 saturated heterocycles. The number of hydrogen-bond acceptors (Lipinski definition) is 11. The fourth-order valence-electron chi connectivity index (χ4n) is 3.47. The van der Waals surface area contributed by atoms with E-state index in [-0.39, 0.29) is 0 Å².